The Morgan fingerprint density at radius 1 is 1.08 bits per heavy atom. The number of rotatable bonds is 4. The molecule has 1 N–H and O–H groups in total. The molecule has 3 aromatic rings. The molecule has 1 aliphatic rings. The van der Waals surface area contributed by atoms with Crippen molar-refractivity contribution < 1.29 is 13.7 Å². The molecule has 7 heteroatoms. The predicted octanol–water partition coefficient (Wildman–Crippen LogP) is 3.53. The number of hydrogen-bond acceptors (Lipinski definition) is 6. The van der Waals surface area contributed by atoms with Gasteiger partial charge in [0, 0.05) is 25.5 Å². The SMILES string of the molecule is Fc1ccccc1-c1noc(-c2ccc(NC3CCOCC3)nc2)n1. The molecule has 1 fully saturated rings. The molecule has 0 radical (unpaired) electrons. The van der Waals surface area contributed by atoms with Crippen molar-refractivity contribution in [1.82, 2.24) is 15.1 Å². The van der Waals surface area contributed by atoms with E-state index in [1.54, 1.807) is 24.4 Å². The summed E-state index contributed by atoms with van der Waals surface area (Å²) in [5.41, 5.74) is 0.996. The van der Waals surface area contributed by atoms with Crippen molar-refractivity contribution in [2.45, 2.75) is 18.9 Å². The van der Waals surface area contributed by atoms with Crippen LogP contribution in [0.2, 0.25) is 0 Å². The maximum Gasteiger partial charge on any atom is 0.259 e. The summed E-state index contributed by atoms with van der Waals surface area (Å²) < 4.78 is 24.4. The molecule has 0 spiro atoms. The number of ether oxygens (including phenoxy) is 1. The molecule has 3 heterocycles. The molecule has 1 saturated heterocycles. The summed E-state index contributed by atoms with van der Waals surface area (Å²) in [6, 6.07) is 10.4. The average molecular weight is 340 g/mol. The minimum absolute atomic E-state index is 0.220. The molecule has 1 aromatic carbocycles. The molecule has 0 saturated carbocycles. The number of aromatic nitrogens is 3. The normalized spacial score (nSPS) is 15.2. The first-order valence-corrected chi connectivity index (χ1v) is 8.19. The van der Waals surface area contributed by atoms with E-state index in [-0.39, 0.29) is 11.6 Å². The van der Waals surface area contributed by atoms with Crippen LogP contribution in [0.25, 0.3) is 22.8 Å². The largest absolute Gasteiger partial charge is 0.381 e. The Morgan fingerprint density at radius 2 is 1.92 bits per heavy atom. The Balaban J connectivity index is 1.50. The average Bonchev–Trinajstić information content (AvgIpc) is 3.13. The van der Waals surface area contributed by atoms with Crippen molar-refractivity contribution in [2.75, 3.05) is 18.5 Å². The van der Waals surface area contributed by atoms with Gasteiger partial charge in [-0.15, -0.1) is 0 Å². The fourth-order valence-electron chi connectivity index (χ4n) is 2.75. The topological polar surface area (TPSA) is 73.1 Å². The number of benzene rings is 1. The van der Waals surface area contributed by atoms with Crippen LogP contribution < -0.4 is 5.32 Å². The first-order valence-electron chi connectivity index (χ1n) is 8.19. The van der Waals surface area contributed by atoms with E-state index in [1.165, 1.54) is 6.07 Å². The van der Waals surface area contributed by atoms with Gasteiger partial charge in [0.25, 0.3) is 5.89 Å². The van der Waals surface area contributed by atoms with Crippen LogP contribution in [0, 0.1) is 5.82 Å². The van der Waals surface area contributed by atoms with Crippen LogP contribution in [0.15, 0.2) is 47.1 Å². The summed E-state index contributed by atoms with van der Waals surface area (Å²) >= 11 is 0. The highest BCUT2D eigenvalue weighted by molar-refractivity contribution is 5.60. The van der Waals surface area contributed by atoms with E-state index in [0.29, 0.717) is 23.1 Å². The van der Waals surface area contributed by atoms with Gasteiger partial charge in [-0.2, -0.15) is 4.98 Å². The first kappa shape index (κ1) is 15.7. The molecule has 0 bridgehead atoms. The molecule has 6 nitrogen and oxygen atoms in total. The maximum absolute atomic E-state index is 13.8. The number of halogens is 1. The standard InChI is InChI=1S/C18H17FN4O2/c19-15-4-2-1-3-14(15)17-22-18(25-23-17)12-5-6-16(20-11-12)21-13-7-9-24-10-8-13/h1-6,11,13H,7-10H2,(H,20,21). The van der Waals surface area contributed by atoms with Crippen LogP contribution >= 0.6 is 0 Å². The smallest absolute Gasteiger partial charge is 0.259 e. The van der Waals surface area contributed by atoms with Gasteiger partial charge in [-0.05, 0) is 37.1 Å². The lowest BCUT2D eigenvalue weighted by molar-refractivity contribution is 0.0904. The Bertz CT molecular complexity index is 844. The van der Waals surface area contributed by atoms with E-state index < -0.39 is 0 Å². The minimum Gasteiger partial charge on any atom is -0.381 e. The van der Waals surface area contributed by atoms with E-state index in [9.17, 15) is 4.39 Å². The first-order chi connectivity index (χ1) is 12.3. The van der Waals surface area contributed by atoms with Crippen LogP contribution in [0.4, 0.5) is 10.2 Å². The molecule has 25 heavy (non-hydrogen) atoms. The van der Waals surface area contributed by atoms with Crippen molar-refractivity contribution >= 4 is 5.82 Å². The van der Waals surface area contributed by atoms with E-state index in [2.05, 4.69) is 20.4 Å². The highest BCUT2D eigenvalue weighted by Gasteiger charge is 2.16. The lowest BCUT2D eigenvalue weighted by Gasteiger charge is -2.23. The van der Waals surface area contributed by atoms with Crippen molar-refractivity contribution in [3.05, 3.63) is 48.4 Å². The molecule has 2 aromatic heterocycles. The summed E-state index contributed by atoms with van der Waals surface area (Å²) in [4.78, 5) is 8.66. The highest BCUT2D eigenvalue weighted by Crippen LogP contribution is 2.24. The van der Waals surface area contributed by atoms with Gasteiger partial charge >= 0.3 is 0 Å². The number of nitrogens with zero attached hydrogens (tertiary/aromatic N) is 3. The number of pyridine rings is 1. The maximum atomic E-state index is 13.8. The zero-order chi connectivity index (χ0) is 17.1. The summed E-state index contributed by atoms with van der Waals surface area (Å²) in [7, 11) is 0. The number of nitrogens with one attached hydrogen (secondary N) is 1. The third kappa shape index (κ3) is 3.51. The molecular weight excluding hydrogens is 323 g/mol. The highest BCUT2D eigenvalue weighted by atomic mass is 19.1. The Labute approximate surface area is 144 Å². The lowest BCUT2D eigenvalue weighted by atomic mass is 10.1. The van der Waals surface area contributed by atoms with Crippen LogP contribution in [-0.2, 0) is 4.74 Å². The summed E-state index contributed by atoms with van der Waals surface area (Å²) in [6.07, 6.45) is 3.61. The lowest BCUT2D eigenvalue weighted by Crippen LogP contribution is -2.28. The number of hydrogen-bond donors (Lipinski definition) is 1. The van der Waals surface area contributed by atoms with Crippen molar-refractivity contribution in [1.29, 1.82) is 0 Å². The van der Waals surface area contributed by atoms with E-state index in [4.69, 9.17) is 9.26 Å². The molecule has 0 unspecified atom stereocenters. The zero-order valence-electron chi connectivity index (χ0n) is 13.5. The van der Waals surface area contributed by atoms with Gasteiger partial charge in [0.2, 0.25) is 5.82 Å². The Kier molecular flexibility index (Phi) is 4.39. The second kappa shape index (κ2) is 6.98. The Morgan fingerprint density at radius 3 is 2.68 bits per heavy atom. The molecule has 0 atom stereocenters. The summed E-state index contributed by atoms with van der Waals surface area (Å²) in [5, 5.41) is 7.25. The van der Waals surface area contributed by atoms with Crippen LogP contribution in [0.5, 0.6) is 0 Å². The van der Waals surface area contributed by atoms with Crippen molar-refractivity contribution in [2.24, 2.45) is 0 Å². The van der Waals surface area contributed by atoms with Gasteiger partial charge in [0.05, 0.1) is 11.1 Å². The third-order valence-electron chi connectivity index (χ3n) is 4.12. The van der Waals surface area contributed by atoms with Gasteiger partial charge in [0.15, 0.2) is 0 Å². The molecule has 1 aliphatic heterocycles. The summed E-state index contributed by atoms with van der Waals surface area (Å²) in [5.74, 6) is 0.939. The predicted molar refractivity (Wildman–Crippen MR) is 90.4 cm³/mol. The molecule has 0 aliphatic carbocycles. The summed E-state index contributed by atoms with van der Waals surface area (Å²) in [6.45, 7) is 1.55. The van der Waals surface area contributed by atoms with Crippen molar-refractivity contribution in [3.8, 4) is 22.8 Å². The van der Waals surface area contributed by atoms with Gasteiger partial charge in [-0.3, -0.25) is 0 Å². The Hall–Kier alpha value is -2.80. The van der Waals surface area contributed by atoms with Crippen molar-refractivity contribution in [3.63, 3.8) is 0 Å². The van der Waals surface area contributed by atoms with Crippen LogP contribution in [0.3, 0.4) is 0 Å². The van der Waals surface area contributed by atoms with Gasteiger partial charge < -0.3 is 14.6 Å². The van der Waals surface area contributed by atoms with Gasteiger partial charge in [-0.1, -0.05) is 17.3 Å². The number of anilines is 1. The van der Waals surface area contributed by atoms with E-state index in [0.717, 1.165) is 31.9 Å². The monoisotopic (exact) mass is 340 g/mol. The second-order valence-corrected chi connectivity index (χ2v) is 5.87. The van der Waals surface area contributed by atoms with E-state index >= 15 is 0 Å². The van der Waals surface area contributed by atoms with Gasteiger partial charge in [-0.25, -0.2) is 9.37 Å². The van der Waals surface area contributed by atoms with Crippen LogP contribution in [-0.4, -0.2) is 34.4 Å². The van der Waals surface area contributed by atoms with Gasteiger partial charge in [0.1, 0.15) is 11.6 Å². The fourth-order valence-corrected chi connectivity index (χ4v) is 2.75. The quantitative estimate of drug-likeness (QED) is 0.783. The molecule has 128 valence electrons. The fraction of sp³-hybridized carbons (Fsp3) is 0.278. The second-order valence-electron chi connectivity index (χ2n) is 5.87. The third-order valence-corrected chi connectivity index (χ3v) is 4.12. The van der Waals surface area contributed by atoms with E-state index in [1.807, 2.05) is 12.1 Å². The minimum atomic E-state index is -0.385. The zero-order valence-corrected chi connectivity index (χ0v) is 13.5. The molecular formula is C18H17FN4O2. The molecule has 0 amide bonds. The molecule has 4 rings (SSSR count). The van der Waals surface area contributed by atoms with Crippen LogP contribution in [0.1, 0.15) is 12.8 Å².